The third-order valence-electron chi connectivity index (χ3n) is 2.44. The second-order valence-corrected chi connectivity index (χ2v) is 3.29. The molecule has 0 aromatic heterocycles. The highest BCUT2D eigenvalue weighted by Gasteiger charge is 2.19. The summed E-state index contributed by atoms with van der Waals surface area (Å²) in [5, 5.41) is 0. The van der Waals surface area contributed by atoms with Crippen LogP contribution in [-0.2, 0) is 12.8 Å². The lowest BCUT2D eigenvalue weighted by Gasteiger charge is -2.05. The van der Waals surface area contributed by atoms with Crippen molar-refractivity contribution in [1.82, 2.24) is 0 Å². The Bertz CT molecular complexity index is 332. The Morgan fingerprint density at radius 1 is 1.00 bits per heavy atom. The molecule has 0 bridgehead atoms. The summed E-state index contributed by atoms with van der Waals surface area (Å²) < 4.78 is 37.7. The van der Waals surface area contributed by atoms with Gasteiger partial charge in [-0.1, -0.05) is 27.7 Å². The average molecular weight is 246 g/mol. The zero-order chi connectivity index (χ0) is 13.4. The van der Waals surface area contributed by atoms with Gasteiger partial charge in [-0.2, -0.15) is 0 Å². The molecule has 1 aliphatic carbocycles. The first-order valence-electron chi connectivity index (χ1n) is 6.28. The fraction of sp³-hybridized carbons (Fsp3) is 0.571. The Labute approximate surface area is 102 Å². The summed E-state index contributed by atoms with van der Waals surface area (Å²) in [5.74, 6) is -0.467. The fourth-order valence-electron chi connectivity index (χ4n) is 1.80. The monoisotopic (exact) mass is 246 g/mol. The first-order valence-corrected chi connectivity index (χ1v) is 6.28. The molecule has 0 saturated heterocycles. The number of hydrogen-bond acceptors (Lipinski definition) is 0. The van der Waals surface area contributed by atoms with E-state index in [2.05, 4.69) is 0 Å². The third kappa shape index (κ3) is 4.06. The molecule has 0 fully saturated rings. The lowest BCUT2D eigenvalue weighted by molar-refractivity contribution is 0.151. The molecule has 1 aliphatic rings. The van der Waals surface area contributed by atoms with Crippen LogP contribution < -0.4 is 0 Å². The van der Waals surface area contributed by atoms with Gasteiger partial charge in [-0.05, 0) is 42.5 Å². The molecule has 0 aliphatic heterocycles. The molecule has 0 N–H and O–H groups in total. The Kier molecular flexibility index (Phi) is 7.68. The van der Waals surface area contributed by atoms with Crippen LogP contribution in [0.5, 0.6) is 0 Å². The quantitative estimate of drug-likeness (QED) is 0.630. The van der Waals surface area contributed by atoms with Gasteiger partial charge < -0.3 is 0 Å². The van der Waals surface area contributed by atoms with Gasteiger partial charge in [0.15, 0.2) is 0 Å². The molecule has 0 nitrogen and oxygen atoms in total. The first-order chi connectivity index (χ1) is 8.18. The number of fused-ring (bicyclic) bond motifs is 1. The Morgan fingerprint density at radius 2 is 1.59 bits per heavy atom. The highest BCUT2D eigenvalue weighted by Crippen LogP contribution is 2.29. The van der Waals surface area contributed by atoms with E-state index in [4.69, 9.17) is 0 Å². The molecule has 0 heterocycles. The van der Waals surface area contributed by atoms with Gasteiger partial charge in [0.1, 0.15) is 5.82 Å². The molecule has 1 aromatic carbocycles. The molecule has 0 atom stereocenters. The van der Waals surface area contributed by atoms with E-state index >= 15 is 0 Å². The van der Waals surface area contributed by atoms with Crippen molar-refractivity contribution in [3.05, 3.63) is 34.6 Å². The molecule has 0 radical (unpaired) electrons. The molecule has 0 unspecified atom stereocenters. The fourth-order valence-corrected chi connectivity index (χ4v) is 1.80. The second-order valence-electron chi connectivity index (χ2n) is 3.29. The summed E-state index contributed by atoms with van der Waals surface area (Å²) in [6.45, 7) is 8.00. The van der Waals surface area contributed by atoms with E-state index in [1.807, 2.05) is 27.7 Å². The molecule has 0 spiro atoms. The zero-order valence-electron chi connectivity index (χ0n) is 11.0. The van der Waals surface area contributed by atoms with Gasteiger partial charge in [-0.25, -0.2) is 13.2 Å². The van der Waals surface area contributed by atoms with Crippen LogP contribution in [0.4, 0.5) is 13.2 Å². The molecular formula is C14H21F3. The van der Waals surface area contributed by atoms with Gasteiger partial charge in [0.2, 0.25) is 0 Å². The van der Waals surface area contributed by atoms with Crippen LogP contribution in [0, 0.1) is 5.82 Å². The number of halogens is 3. The van der Waals surface area contributed by atoms with Crippen LogP contribution in [0.15, 0.2) is 12.1 Å². The first kappa shape index (κ1) is 16.0. The van der Waals surface area contributed by atoms with E-state index in [-0.39, 0.29) is 5.56 Å². The van der Waals surface area contributed by atoms with Crippen molar-refractivity contribution >= 4 is 0 Å². The standard InChI is InChI=1S/C10H9F3.2C2H6/c11-9-5-7(10(12)13)4-6-2-1-3-8(6)9;2*1-2/h4-5,10H,1-3H2;2*1-2H3. The molecule has 98 valence electrons. The lowest BCUT2D eigenvalue weighted by atomic mass is 10.1. The molecular weight excluding hydrogens is 225 g/mol. The van der Waals surface area contributed by atoms with Crippen molar-refractivity contribution in [3.8, 4) is 0 Å². The van der Waals surface area contributed by atoms with E-state index in [1.165, 1.54) is 6.07 Å². The molecule has 0 amide bonds. The minimum atomic E-state index is -2.57. The number of benzene rings is 1. The van der Waals surface area contributed by atoms with Crippen molar-refractivity contribution in [2.45, 2.75) is 53.4 Å². The lowest BCUT2D eigenvalue weighted by Crippen LogP contribution is -1.93. The zero-order valence-corrected chi connectivity index (χ0v) is 11.0. The minimum absolute atomic E-state index is 0.196. The van der Waals surface area contributed by atoms with E-state index in [9.17, 15) is 13.2 Å². The summed E-state index contributed by atoms with van der Waals surface area (Å²) >= 11 is 0. The summed E-state index contributed by atoms with van der Waals surface area (Å²) in [6.07, 6.45) is -0.281. The maximum atomic E-state index is 13.2. The highest BCUT2D eigenvalue weighted by molar-refractivity contribution is 5.37. The van der Waals surface area contributed by atoms with Gasteiger partial charge in [0, 0.05) is 5.56 Å². The summed E-state index contributed by atoms with van der Waals surface area (Å²) in [5.41, 5.74) is 1.19. The predicted octanol–water partition coefficient (Wildman–Crippen LogP) is 5.30. The normalized spacial score (nSPS) is 12.2. The number of hydrogen-bond donors (Lipinski definition) is 0. The van der Waals surface area contributed by atoms with Crippen molar-refractivity contribution < 1.29 is 13.2 Å². The van der Waals surface area contributed by atoms with E-state index in [1.54, 1.807) is 0 Å². The van der Waals surface area contributed by atoms with Gasteiger partial charge in [-0.15, -0.1) is 0 Å². The molecule has 17 heavy (non-hydrogen) atoms. The average Bonchev–Trinajstić information content (AvgIpc) is 2.83. The van der Waals surface area contributed by atoms with Crippen LogP contribution in [0.3, 0.4) is 0 Å². The molecule has 0 saturated carbocycles. The van der Waals surface area contributed by atoms with Crippen LogP contribution >= 0.6 is 0 Å². The van der Waals surface area contributed by atoms with Crippen LogP contribution in [0.2, 0.25) is 0 Å². The summed E-state index contributed by atoms with van der Waals surface area (Å²) in [4.78, 5) is 0. The Hall–Kier alpha value is -0.990. The van der Waals surface area contributed by atoms with Crippen molar-refractivity contribution in [2.24, 2.45) is 0 Å². The number of aryl methyl sites for hydroxylation is 1. The maximum absolute atomic E-state index is 13.2. The molecule has 2 rings (SSSR count). The van der Waals surface area contributed by atoms with Gasteiger partial charge in [0.05, 0.1) is 0 Å². The largest absolute Gasteiger partial charge is 0.263 e. The van der Waals surface area contributed by atoms with Crippen LogP contribution in [0.25, 0.3) is 0 Å². The Morgan fingerprint density at radius 3 is 2.12 bits per heavy atom. The van der Waals surface area contributed by atoms with Crippen molar-refractivity contribution in [2.75, 3.05) is 0 Å². The molecule has 3 heteroatoms. The minimum Gasteiger partial charge on any atom is -0.207 e. The van der Waals surface area contributed by atoms with Gasteiger partial charge >= 0.3 is 0 Å². The molecule has 1 aromatic rings. The highest BCUT2D eigenvalue weighted by atomic mass is 19.3. The van der Waals surface area contributed by atoms with Crippen LogP contribution in [-0.4, -0.2) is 0 Å². The Balaban J connectivity index is 0.000000581. The predicted molar refractivity (Wildman–Crippen MR) is 66.1 cm³/mol. The van der Waals surface area contributed by atoms with Crippen molar-refractivity contribution in [3.63, 3.8) is 0 Å². The third-order valence-corrected chi connectivity index (χ3v) is 2.44. The van der Waals surface area contributed by atoms with Gasteiger partial charge in [0.25, 0.3) is 6.43 Å². The van der Waals surface area contributed by atoms with E-state index in [0.29, 0.717) is 12.0 Å². The van der Waals surface area contributed by atoms with E-state index in [0.717, 1.165) is 24.5 Å². The SMILES string of the molecule is CC.CC.Fc1cc(C(F)F)cc2c1CCC2. The van der Waals surface area contributed by atoms with Gasteiger partial charge in [-0.3, -0.25) is 0 Å². The summed E-state index contributed by atoms with van der Waals surface area (Å²) in [7, 11) is 0. The van der Waals surface area contributed by atoms with E-state index < -0.39 is 12.2 Å². The topological polar surface area (TPSA) is 0 Å². The number of alkyl halides is 2. The smallest absolute Gasteiger partial charge is 0.207 e. The maximum Gasteiger partial charge on any atom is 0.263 e. The van der Waals surface area contributed by atoms with Crippen LogP contribution in [0.1, 0.15) is 57.2 Å². The van der Waals surface area contributed by atoms with Crippen molar-refractivity contribution in [1.29, 1.82) is 0 Å². The summed E-state index contributed by atoms with van der Waals surface area (Å²) in [6, 6.07) is 2.38. The second kappa shape index (κ2) is 8.15. The number of rotatable bonds is 1.